The Bertz CT molecular complexity index is 613. The number of hydrogen-bond donors (Lipinski definition) is 1. The molecular weight excluding hydrogens is 258 g/mol. The Labute approximate surface area is 107 Å². The molecule has 1 atom stereocenters. The molecule has 0 saturated heterocycles. The van der Waals surface area contributed by atoms with Gasteiger partial charge >= 0.3 is 5.88 Å². The molecule has 5 nitrogen and oxygen atoms in total. The van der Waals surface area contributed by atoms with Gasteiger partial charge in [-0.15, -0.1) is 0 Å². The van der Waals surface area contributed by atoms with E-state index in [1.807, 2.05) is 0 Å². The highest BCUT2D eigenvalue weighted by atomic mass is 19.2. The van der Waals surface area contributed by atoms with E-state index < -0.39 is 28.5 Å². The Balaban J connectivity index is 2.37. The molecule has 0 amide bonds. The predicted octanol–water partition coefficient (Wildman–Crippen LogP) is 2.77. The fourth-order valence-corrected chi connectivity index (χ4v) is 1.76. The fourth-order valence-electron chi connectivity index (χ4n) is 1.76. The molecule has 0 spiro atoms. The van der Waals surface area contributed by atoms with E-state index in [0.29, 0.717) is 5.56 Å². The van der Waals surface area contributed by atoms with Gasteiger partial charge in [0.05, 0.1) is 12.1 Å². The second-order valence-corrected chi connectivity index (χ2v) is 3.83. The van der Waals surface area contributed by atoms with Gasteiger partial charge < -0.3 is 9.73 Å². The van der Waals surface area contributed by atoms with E-state index in [2.05, 4.69) is 5.32 Å². The third kappa shape index (κ3) is 2.60. The zero-order valence-corrected chi connectivity index (χ0v) is 9.89. The van der Waals surface area contributed by atoms with E-state index in [4.69, 9.17) is 4.42 Å². The highest BCUT2D eigenvalue weighted by Gasteiger charge is 2.21. The predicted molar refractivity (Wildman–Crippen MR) is 62.6 cm³/mol. The molecule has 0 saturated carbocycles. The van der Waals surface area contributed by atoms with Gasteiger partial charge in [-0.25, -0.2) is 8.78 Å². The first-order valence-corrected chi connectivity index (χ1v) is 5.39. The van der Waals surface area contributed by atoms with Crippen molar-refractivity contribution in [2.45, 2.75) is 6.04 Å². The second-order valence-electron chi connectivity index (χ2n) is 3.83. The maximum atomic E-state index is 13.2. The van der Waals surface area contributed by atoms with Crippen molar-refractivity contribution in [3.05, 3.63) is 63.4 Å². The number of hydrogen-bond acceptors (Lipinski definition) is 4. The summed E-state index contributed by atoms with van der Waals surface area (Å²) in [6, 6.07) is 5.43. The quantitative estimate of drug-likeness (QED) is 0.683. The van der Waals surface area contributed by atoms with Crippen LogP contribution in [0.3, 0.4) is 0 Å². The van der Waals surface area contributed by atoms with Crippen molar-refractivity contribution in [3.8, 4) is 0 Å². The maximum Gasteiger partial charge on any atom is 0.433 e. The summed E-state index contributed by atoms with van der Waals surface area (Å²) in [6.07, 6.45) is 0. The van der Waals surface area contributed by atoms with Gasteiger partial charge in [0.2, 0.25) is 0 Å². The lowest BCUT2D eigenvalue weighted by Crippen LogP contribution is -2.17. The number of furan rings is 1. The van der Waals surface area contributed by atoms with Crippen molar-refractivity contribution < 1.29 is 18.1 Å². The summed E-state index contributed by atoms with van der Waals surface area (Å²) in [7, 11) is 1.58. The van der Waals surface area contributed by atoms with Crippen LogP contribution in [-0.2, 0) is 0 Å². The largest absolute Gasteiger partial charge is 0.433 e. The van der Waals surface area contributed by atoms with E-state index in [-0.39, 0.29) is 5.76 Å². The average Bonchev–Trinajstić information content (AvgIpc) is 2.84. The lowest BCUT2D eigenvalue weighted by molar-refractivity contribution is -0.402. The Hall–Kier alpha value is -2.28. The summed E-state index contributed by atoms with van der Waals surface area (Å²) >= 11 is 0. The van der Waals surface area contributed by atoms with Crippen molar-refractivity contribution in [2.75, 3.05) is 7.05 Å². The van der Waals surface area contributed by atoms with Crippen molar-refractivity contribution >= 4 is 5.88 Å². The average molecular weight is 268 g/mol. The number of nitrogens with one attached hydrogen (secondary N) is 1. The number of halogens is 2. The van der Waals surface area contributed by atoms with Crippen LogP contribution in [0.15, 0.2) is 34.7 Å². The van der Waals surface area contributed by atoms with Crippen LogP contribution >= 0.6 is 0 Å². The summed E-state index contributed by atoms with van der Waals surface area (Å²) in [5.74, 6) is -2.10. The van der Waals surface area contributed by atoms with Crippen LogP contribution in [0.4, 0.5) is 14.7 Å². The van der Waals surface area contributed by atoms with E-state index in [9.17, 15) is 18.9 Å². The van der Waals surface area contributed by atoms with Crippen LogP contribution in [0.5, 0.6) is 0 Å². The topological polar surface area (TPSA) is 68.3 Å². The molecule has 1 unspecified atom stereocenters. The van der Waals surface area contributed by atoms with E-state index in [0.717, 1.165) is 12.1 Å². The zero-order chi connectivity index (χ0) is 14.0. The van der Waals surface area contributed by atoms with Gasteiger partial charge in [-0.05, 0) is 30.8 Å². The van der Waals surface area contributed by atoms with E-state index in [1.54, 1.807) is 7.05 Å². The van der Waals surface area contributed by atoms with Gasteiger partial charge in [0, 0.05) is 0 Å². The van der Waals surface area contributed by atoms with Crippen molar-refractivity contribution in [1.29, 1.82) is 0 Å². The number of benzene rings is 1. The first-order chi connectivity index (χ1) is 9.02. The first kappa shape index (κ1) is 13.2. The molecule has 1 heterocycles. The molecule has 0 bridgehead atoms. The van der Waals surface area contributed by atoms with Gasteiger partial charge in [0.1, 0.15) is 10.7 Å². The first-order valence-electron chi connectivity index (χ1n) is 5.39. The molecule has 1 aromatic heterocycles. The smallest absolute Gasteiger partial charge is 0.404 e. The summed E-state index contributed by atoms with van der Waals surface area (Å²) in [6.45, 7) is 0. The van der Waals surface area contributed by atoms with Crippen LogP contribution in [-0.4, -0.2) is 12.0 Å². The second kappa shape index (κ2) is 5.15. The summed E-state index contributed by atoms with van der Waals surface area (Å²) in [5, 5.41) is 13.4. The third-order valence-corrected chi connectivity index (χ3v) is 2.64. The molecule has 0 aliphatic heterocycles. The molecule has 0 aliphatic carbocycles. The van der Waals surface area contributed by atoms with E-state index in [1.165, 1.54) is 18.2 Å². The van der Waals surface area contributed by atoms with Gasteiger partial charge in [0.15, 0.2) is 11.6 Å². The van der Waals surface area contributed by atoms with Crippen LogP contribution in [0.25, 0.3) is 0 Å². The molecule has 0 fully saturated rings. The van der Waals surface area contributed by atoms with Gasteiger partial charge in [0.25, 0.3) is 0 Å². The highest BCUT2D eigenvalue weighted by Crippen LogP contribution is 2.27. The normalized spacial score (nSPS) is 12.4. The van der Waals surface area contributed by atoms with E-state index >= 15 is 0 Å². The number of nitro groups is 1. The molecule has 1 N–H and O–H groups in total. The minimum atomic E-state index is -0.987. The van der Waals surface area contributed by atoms with Gasteiger partial charge in [-0.1, -0.05) is 6.07 Å². The molecule has 7 heteroatoms. The standard InChI is InChI=1S/C12H10F2N2O3/c1-15-12(7-2-3-8(13)9(14)6-7)10-4-5-11(19-10)16(17)18/h2-6,12,15H,1H3. The molecule has 0 aliphatic rings. The van der Waals surface area contributed by atoms with Crippen LogP contribution in [0.2, 0.25) is 0 Å². The molecule has 100 valence electrons. The molecule has 0 radical (unpaired) electrons. The minimum Gasteiger partial charge on any atom is -0.404 e. The number of rotatable bonds is 4. The SMILES string of the molecule is CNC(c1ccc(F)c(F)c1)c1ccc([N+](=O)[O-])o1. The van der Waals surface area contributed by atoms with Crippen molar-refractivity contribution in [1.82, 2.24) is 5.32 Å². The van der Waals surface area contributed by atoms with Crippen LogP contribution in [0, 0.1) is 21.7 Å². The fraction of sp³-hybridized carbons (Fsp3) is 0.167. The zero-order valence-electron chi connectivity index (χ0n) is 9.89. The summed E-state index contributed by atoms with van der Waals surface area (Å²) in [5.41, 5.74) is 0.408. The van der Waals surface area contributed by atoms with Gasteiger partial charge in [-0.2, -0.15) is 0 Å². The molecule has 2 aromatic rings. The van der Waals surface area contributed by atoms with Gasteiger partial charge in [-0.3, -0.25) is 10.1 Å². The minimum absolute atomic E-state index is 0.250. The summed E-state index contributed by atoms with van der Waals surface area (Å²) in [4.78, 5) is 9.88. The lowest BCUT2D eigenvalue weighted by Gasteiger charge is -2.13. The number of nitrogens with zero attached hydrogens (tertiary/aromatic N) is 1. The molecule has 19 heavy (non-hydrogen) atoms. The Morgan fingerprint density at radius 3 is 2.53 bits per heavy atom. The highest BCUT2D eigenvalue weighted by molar-refractivity contribution is 5.30. The van der Waals surface area contributed by atoms with Crippen molar-refractivity contribution in [3.63, 3.8) is 0 Å². The maximum absolute atomic E-state index is 13.2. The van der Waals surface area contributed by atoms with Crippen molar-refractivity contribution in [2.24, 2.45) is 0 Å². The monoisotopic (exact) mass is 268 g/mol. The van der Waals surface area contributed by atoms with Crippen LogP contribution in [0.1, 0.15) is 17.4 Å². The lowest BCUT2D eigenvalue weighted by atomic mass is 10.0. The Morgan fingerprint density at radius 2 is 2.00 bits per heavy atom. The Morgan fingerprint density at radius 1 is 1.26 bits per heavy atom. The summed E-state index contributed by atoms with van der Waals surface area (Å²) < 4.78 is 31.1. The Kier molecular flexibility index (Phi) is 3.57. The molecule has 1 aromatic carbocycles. The molecular formula is C12H10F2N2O3. The third-order valence-electron chi connectivity index (χ3n) is 2.64. The molecule has 2 rings (SSSR count). The van der Waals surface area contributed by atoms with Crippen LogP contribution < -0.4 is 5.32 Å².